The molecule has 0 aromatic heterocycles. The van der Waals surface area contributed by atoms with E-state index in [2.05, 4.69) is 0 Å². The molecule has 3 rings (SSSR count). The van der Waals surface area contributed by atoms with Crippen LogP contribution in [0, 0.1) is 17.1 Å². The Morgan fingerprint density at radius 3 is 2.41 bits per heavy atom. The van der Waals surface area contributed by atoms with Crippen molar-refractivity contribution in [3.8, 4) is 11.8 Å². The molecule has 1 heterocycles. The number of amides is 1. The summed E-state index contributed by atoms with van der Waals surface area (Å²) in [5.41, 5.74) is 0.520. The van der Waals surface area contributed by atoms with Crippen LogP contribution in [0.5, 0.6) is 5.75 Å². The summed E-state index contributed by atoms with van der Waals surface area (Å²) < 4.78 is 56.6. The number of hydrogen-bond acceptors (Lipinski definition) is 3. The van der Waals surface area contributed by atoms with Gasteiger partial charge in [0.25, 0.3) is 5.91 Å². The summed E-state index contributed by atoms with van der Waals surface area (Å²) in [4.78, 5) is 14.3. The number of rotatable bonds is 4. The van der Waals surface area contributed by atoms with Crippen LogP contribution in [0.3, 0.4) is 0 Å². The molecule has 1 saturated heterocycles. The van der Waals surface area contributed by atoms with E-state index in [1.807, 2.05) is 0 Å². The van der Waals surface area contributed by atoms with Crippen LogP contribution in [0.25, 0.3) is 0 Å². The molecule has 1 aliphatic heterocycles. The van der Waals surface area contributed by atoms with E-state index in [9.17, 15) is 22.4 Å². The standard InChI is InChI=1S/C20H15ClF4N2O2/c1-11(20(23,24)25)29-16-7-4-13(8-26)18(21)17(16)19(28)27-9-14(10-27)12-2-5-15(22)6-3-12/h2-7,11,14H,9-10H2,1H3/t11-/m0/s1. The number of hydrogen-bond donors (Lipinski definition) is 0. The van der Waals surface area contributed by atoms with Crippen LogP contribution in [-0.4, -0.2) is 36.2 Å². The fourth-order valence-electron chi connectivity index (χ4n) is 2.95. The van der Waals surface area contributed by atoms with Gasteiger partial charge in [-0.15, -0.1) is 0 Å². The van der Waals surface area contributed by atoms with Crippen molar-refractivity contribution in [2.75, 3.05) is 13.1 Å². The zero-order valence-electron chi connectivity index (χ0n) is 15.1. The Bertz CT molecular complexity index is 964. The lowest BCUT2D eigenvalue weighted by molar-refractivity contribution is -0.189. The summed E-state index contributed by atoms with van der Waals surface area (Å²) in [5.74, 6) is -1.37. The lowest BCUT2D eigenvalue weighted by atomic mass is 9.90. The monoisotopic (exact) mass is 426 g/mol. The second kappa shape index (κ2) is 7.91. The van der Waals surface area contributed by atoms with Crippen molar-refractivity contribution in [1.29, 1.82) is 5.26 Å². The number of nitriles is 1. The first kappa shape index (κ1) is 20.9. The largest absolute Gasteiger partial charge is 0.480 e. The number of benzene rings is 2. The maximum atomic E-state index is 13.0. The van der Waals surface area contributed by atoms with Crippen LogP contribution in [-0.2, 0) is 0 Å². The minimum atomic E-state index is -4.63. The SMILES string of the molecule is C[C@H](Oc1ccc(C#N)c(Cl)c1C(=O)N1CC(c2ccc(F)cc2)C1)C(F)(F)F. The fraction of sp³-hybridized carbons (Fsp3) is 0.300. The normalized spacial score (nSPS) is 15.4. The van der Waals surface area contributed by atoms with E-state index in [4.69, 9.17) is 21.6 Å². The van der Waals surface area contributed by atoms with Crippen molar-refractivity contribution >= 4 is 17.5 Å². The second-order valence-corrected chi connectivity index (χ2v) is 7.05. The summed E-state index contributed by atoms with van der Waals surface area (Å²) in [7, 11) is 0. The molecule has 0 spiro atoms. The molecule has 0 radical (unpaired) electrons. The van der Waals surface area contributed by atoms with Gasteiger partial charge in [-0.3, -0.25) is 4.79 Å². The Balaban J connectivity index is 1.84. The van der Waals surface area contributed by atoms with Gasteiger partial charge in [0.05, 0.1) is 10.6 Å². The highest BCUT2D eigenvalue weighted by Gasteiger charge is 2.40. The Morgan fingerprint density at radius 1 is 1.24 bits per heavy atom. The van der Waals surface area contributed by atoms with Gasteiger partial charge in [0.2, 0.25) is 0 Å². The van der Waals surface area contributed by atoms with Gasteiger partial charge in [0, 0.05) is 19.0 Å². The summed E-state index contributed by atoms with van der Waals surface area (Å²) in [6.07, 6.45) is -6.80. The molecule has 1 amide bonds. The molecular weight excluding hydrogens is 412 g/mol. The highest BCUT2D eigenvalue weighted by atomic mass is 35.5. The topological polar surface area (TPSA) is 53.3 Å². The first-order valence-electron chi connectivity index (χ1n) is 8.62. The summed E-state index contributed by atoms with van der Waals surface area (Å²) in [6, 6.07) is 10.0. The van der Waals surface area contributed by atoms with Crippen LogP contribution >= 0.6 is 11.6 Å². The number of ether oxygens (including phenoxy) is 1. The predicted octanol–water partition coefficient (Wildman–Crippen LogP) is 4.92. The first-order valence-corrected chi connectivity index (χ1v) is 9.00. The average Bonchev–Trinajstić information content (AvgIpc) is 2.61. The smallest absolute Gasteiger partial charge is 0.425 e. The van der Waals surface area contributed by atoms with E-state index in [1.165, 1.54) is 23.1 Å². The van der Waals surface area contributed by atoms with Gasteiger partial charge in [-0.2, -0.15) is 18.4 Å². The molecule has 2 aromatic carbocycles. The highest BCUT2D eigenvalue weighted by molar-refractivity contribution is 6.35. The van der Waals surface area contributed by atoms with Gasteiger partial charge in [0.15, 0.2) is 6.10 Å². The third-order valence-corrected chi connectivity index (χ3v) is 5.11. The Hall–Kier alpha value is -2.79. The number of carbonyl (C=O) groups is 1. The van der Waals surface area contributed by atoms with Crippen LogP contribution in [0.1, 0.15) is 34.3 Å². The molecule has 4 nitrogen and oxygen atoms in total. The van der Waals surface area contributed by atoms with Crippen molar-refractivity contribution in [3.63, 3.8) is 0 Å². The second-order valence-electron chi connectivity index (χ2n) is 6.67. The van der Waals surface area contributed by atoms with Crippen LogP contribution in [0.15, 0.2) is 36.4 Å². The molecule has 1 fully saturated rings. The van der Waals surface area contributed by atoms with E-state index >= 15 is 0 Å². The van der Waals surface area contributed by atoms with Crippen molar-refractivity contribution < 1.29 is 27.1 Å². The maximum absolute atomic E-state index is 13.0. The average molecular weight is 427 g/mol. The zero-order chi connectivity index (χ0) is 21.3. The molecule has 0 unspecified atom stereocenters. The summed E-state index contributed by atoms with van der Waals surface area (Å²) >= 11 is 6.13. The molecule has 152 valence electrons. The van der Waals surface area contributed by atoms with E-state index in [-0.39, 0.29) is 46.7 Å². The van der Waals surface area contributed by atoms with Crippen molar-refractivity contribution in [2.45, 2.75) is 25.1 Å². The molecule has 0 saturated carbocycles. The molecule has 0 bridgehead atoms. The maximum Gasteiger partial charge on any atom is 0.425 e. The lowest BCUT2D eigenvalue weighted by Crippen LogP contribution is -2.48. The lowest BCUT2D eigenvalue weighted by Gasteiger charge is -2.40. The third-order valence-electron chi connectivity index (χ3n) is 4.71. The number of carbonyl (C=O) groups excluding carboxylic acids is 1. The van der Waals surface area contributed by atoms with E-state index in [1.54, 1.807) is 18.2 Å². The summed E-state index contributed by atoms with van der Waals surface area (Å²) in [6.45, 7) is 1.38. The third kappa shape index (κ3) is 4.30. The molecular formula is C20H15ClF4N2O2. The Kier molecular flexibility index (Phi) is 5.71. The molecule has 0 N–H and O–H groups in total. The quantitative estimate of drug-likeness (QED) is 0.652. The van der Waals surface area contributed by atoms with Crippen molar-refractivity contribution in [2.24, 2.45) is 0 Å². The number of halogens is 5. The van der Waals surface area contributed by atoms with Gasteiger partial charge >= 0.3 is 6.18 Å². The van der Waals surface area contributed by atoms with Crippen LogP contribution < -0.4 is 4.74 Å². The van der Waals surface area contributed by atoms with Gasteiger partial charge in [-0.05, 0) is 36.8 Å². The minimum Gasteiger partial charge on any atom is -0.480 e. The Morgan fingerprint density at radius 2 is 1.86 bits per heavy atom. The van der Waals surface area contributed by atoms with Gasteiger partial charge in [-0.1, -0.05) is 23.7 Å². The highest BCUT2D eigenvalue weighted by Crippen LogP contribution is 2.36. The predicted molar refractivity (Wildman–Crippen MR) is 97.4 cm³/mol. The molecule has 0 aliphatic carbocycles. The minimum absolute atomic E-state index is 0.0315. The molecule has 2 aromatic rings. The van der Waals surface area contributed by atoms with E-state index in [0.717, 1.165) is 18.6 Å². The molecule has 1 aliphatic rings. The molecule has 29 heavy (non-hydrogen) atoms. The Labute approximate surface area is 169 Å². The fourth-order valence-corrected chi connectivity index (χ4v) is 3.23. The van der Waals surface area contributed by atoms with Crippen LogP contribution in [0.2, 0.25) is 5.02 Å². The first-order chi connectivity index (χ1) is 13.6. The number of nitrogens with zero attached hydrogens (tertiary/aromatic N) is 2. The van der Waals surface area contributed by atoms with Gasteiger partial charge in [-0.25, -0.2) is 4.39 Å². The molecule has 9 heteroatoms. The van der Waals surface area contributed by atoms with E-state index in [0.29, 0.717) is 0 Å². The van der Waals surface area contributed by atoms with Gasteiger partial charge < -0.3 is 9.64 Å². The van der Waals surface area contributed by atoms with E-state index < -0.39 is 18.2 Å². The molecule has 1 atom stereocenters. The summed E-state index contributed by atoms with van der Waals surface area (Å²) in [5, 5.41) is 8.88. The number of alkyl halides is 3. The van der Waals surface area contributed by atoms with Crippen molar-refractivity contribution in [3.05, 3.63) is 63.9 Å². The number of likely N-dealkylation sites (tertiary alicyclic amines) is 1. The van der Waals surface area contributed by atoms with Crippen molar-refractivity contribution in [1.82, 2.24) is 4.90 Å². The zero-order valence-corrected chi connectivity index (χ0v) is 15.9. The van der Waals surface area contributed by atoms with Gasteiger partial charge in [0.1, 0.15) is 23.2 Å². The van der Waals surface area contributed by atoms with Crippen LogP contribution in [0.4, 0.5) is 17.6 Å².